The van der Waals surface area contributed by atoms with E-state index in [4.69, 9.17) is 10.5 Å². The summed E-state index contributed by atoms with van der Waals surface area (Å²) < 4.78 is 6.01. The molecule has 29 heavy (non-hydrogen) atoms. The van der Waals surface area contributed by atoms with Crippen LogP contribution in [0, 0.1) is 0 Å². The van der Waals surface area contributed by atoms with Crippen LogP contribution < -0.4 is 10.6 Å². The Morgan fingerprint density at radius 2 is 1.69 bits per heavy atom. The Morgan fingerprint density at radius 3 is 2.31 bits per heavy atom. The summed E-state index contributed by atoms with van der Waals surface area (Å²) in [5, 5.41) is 3.99. The monoisotopic (exact) mass is 408 g/mol. The van der Waals surface area contributed by atoms with E-state index >= 15 is 0 Å². The number of carbonyl (C=O) groups excluding carboxylic acids is 2. The van der Waals surface area contributed by atoms with Gasteiger partial charge in [-0.05, 0) is 31.2 Å². The highest BCUT2D eigenvalue weighted by Gasteiger charge is 2.25. The van der Waals surface area contributed by atoms with Gasteiger partial charge in [-0.25, -0.2) is 4.79 Å². The summed E-state index contributed by atoms with van der Waals surface area (Å²) in [6.07, 6.45) is 1.45. The molecule has 0 aliphatic carbocycles. The number of aromatic nitrogens is 2. The minimum absolute atomic E-state index is 0.00319. The summed E-state index contributed by atoms with van der Waals surface area (Å²) in [6.45, 7) is 2.39. The lowest BCUT2D eigenvalue weighted by atomic mass is 10.2. The zero-order chi connectivity index (χ0) is 20.4. The van der Waals surface area contributed by atoms with E-state index in [9.17, 15) is 9.59 Å². The standard InChI is InChI=1S/C21H20N4O3S/c1-2-28-21(27)14-13-23-25(20(14)22)19(26)11-12-24-15-7-3-5-9-17(15)29-18-10-6-4-8-16(18)24/h3-10,13H,2,11-12,22H2,1H3. The molecule has 1 aliphatic rings. The van der Waals surface area contributed by atoms with Crippen molar-refractivity contribution in [2.75, 3.05) is 23.8 Å². The molecule has 8 heteroatoms. The molecule has 0 unspecified atom stereocenters. The number of anilines is 3. The Bertz CT molecular complexity index is 1030. The van der Waals surface area contributed by atoms with Crippen LogP contribution in [0.25, 0.3) is 0 Å². The van der Waals surface area contributed by atoms with Crippen molar-refractivity contribution in [2.45, 2.75) is 23.1 Å². The van der Waals surface area contributed by atoms with E-state index in [2.05, 4.69) is 22.1 Å². The quantitative estimate of drug-likeness (QED) is 0.639. The molecule has 0 radical (unpaired) electrons. The average molecular weight is 408 g/mol. The molecule has 2 N–H and O–H groups in total. The van der Waals surface area contributed by atoms with Crippen molar-refractivity contribution >= 4 is 40.8 Å². The Morgan fingerprint density at radius 1 is 1.07 bits per heavy atom. The number of esters is 1. The second-order valence-corrected chi connectivity index (χ2v) is 7.49. The van der Waals surface area contributed by atoms with Crippen LogP contribution in [0.5, 0.6) is 0 Å². The largest absolute Gasteiger partial charge is 0.462 e. The molecule has 2 heterocycles. The van der Waals surface area contributed by atoms with Crippen molar-refractivity contribution in [1.29, 1.82) is 0 Å². The summed E-state index contributed by atoms with van der Waals surface area (Å²) in [7, 11) is 0. The van der Waals surface area contributed by atoms with Crippen molar-refractivity contribution in [3.63, 3.8) is 0 Å². The summed E-state index contributed by atoms with van der Waals surface area (Å²) in [6, 6.07) is 16.2. The average Bonchev–Trinajstić information content (AvgIpc) is 3.12. The van der Waals surface area contributed by atoms with Gasteiger partial charge in [-0.1, -0.05) is 36.0 Å². The number of fused-ring (bicyclic) bond motifs is 2. The van der Waals surface area contributed by atoms with Gasteiger partial charge < -0.3 is 15.4 Å². The number of nitrogens with zero attached hydrogens (tertiary/aromatic N) is 3. The molecule has 2 aromatic carbocycles. The number of nitrogen functional groups attached to an aromatic ring is 1. The Labute approximate surface area is 172 Å². The van der Waals surface area contributed by atoms with Crippen LogP contribution in [0.2, 0.25) is 0 Å². The van der Waals surface area contributed by atoms with Gasteiger partial charge in [-0.15, -0.1) is 0 Å². The summed E-state index contributed by atoms with van der Waals surface area (Å²) in [5.41, 5.74) is 8.18. The van der Waals surface area contributed by atoms with E-state index in [0.29, 0.717) is 6.54 Å². The Kier molecular flexibility index (Phi) is 5.26. The van der Waals surface area contributed by atoms with E-state index in [1.165, 1.54) is 6.20 Å². The van der Waals surface area contributed by atoms with Gasteiger partial charge in [-0.2, -0.15) is 9.78 Å². The van der Waals surface area contributed by atoms with Crippen LogP contribution in [0.4, 0.5) is 17.2 Å². The third-order valence-electron chi connectivity index (χ3n) is 4.62. The topological polar surface area (TPSA) is 90.4 Å². The highest BCUT2D eigenvalue weighted by atomic mass is 32.2. The molecule has 0 bridgehead atoms. The first-order valence-corrected chi connectivity index (χ1v) is 10.1. The molecule has 7 nitrogen and oxygen atoms in total. The van der Waals surface area contributed by atoms with Crippen LogP contribution in [-0.2, 0) is 4.74 Å². The first kappa shape index (κ1) is 19.1. The zero-order valence-corrected chi connectivity index (χ0v) is 16.7. The number of hydrogen-bond acceptors (Lipinski definition) is 7. The predicted octanol–water partition coefficient (Wildman–Crippen LogP) is 3.98. The van der Waals surface area contributed by atoms with Gasteiger partial charge in [-0.3, -0.25) is 4.79 Å². The Hall–Kier alpha value is -3.26. The molecule has 4 rings (SSSR count). The molecule has 3 aromatic rings. The van der Waals surface area contributed by atoms with Crippen LogP contribution in [0.3, 0.4) is 0 Å². The fourth-order valence-electron chi connectivity index (χ4n) is 3.26. The molecule has 0 saturated heterocycles. The highest BCUT2D eigenvalue weighted by molar-refractivity contribution is 7.99. The number of para-hydroxylation sites is 2. The minimum atomic E-state index is -0.583. The van der Waals surface area contributed by atoms with E-state index in [0.717, 1.165) is 25.8 Å². The Balaban J connectivity index is 1.56. The molecular formula is C21H20N4O3S. The number of ether oxygens (including phenoxy) is 1. The third-order valence-corrected chi connectivity index (χ3v) is 5.75. The fraction of sp³-hybridized carbons (Fsp3) is 0.190. The van der Waals surface area contributed by atoms with Crippen molar-refractivity contribution in [3.05, 3.63) is 60.3 Å². The number of hydrogen-bond donors (Lipinski definition) is 1. The fourth-order valence-corrected chi connectivity index (χ4v) is 4.35. The number of rotatable bonds is 5. The second kappa shape index (κ2) is 8.00. The van der Waals surface area contributed by atoms with Gasteiger partial charge in [0.1, 0.15) is 11.4 Å². The van der Waals surface area contributed by atoms with Gasteiger partial charge in [0.25, 0.3) is 5.91 Å². The zero-order valence-electron chi connectivity index (χ0n) is 15.9. The number of carbonyl (C=O) groups is 2. The van der Waals surface area contributed by atoms with Crippen molar-refractivity contribution in [3.8, 4) is 0 Å². The normalized spacial score (nSPS) is 12.2. The van der Waals surface area contributed by atoms with Gasteiger partial charge in [0.2, 0.25) is 0 Å². The van der Waals surface area contributed by atoms with Gasteiger partial charge >= 0.3 is 5.97 Å². The lowest BCUT2D eigenvalue weighted by Gasteiger charge is -2.32. The molecule has 0 atom stereocenters. The van der Waals surface area contributed by atoms with Gasteiger partial charge in [0.15, 0.2) is 0 Å². The summed E-state index contributed by atoms with van der Waals surface area (Å²) >= 11 is 1.71. The molecule has 1 aliphatic heterocycles. The maximum atomic E-state index is 12.8. The molecule has 0 fully saturated rings. The maximum absolute atomic E-state index is 12.8. The molecule has 1 aromatic heterocycles. The van der Waals surface area contributed by atoms with Crippen LogP contribution in [0.1, 0.15) is 28.5 Å². The second-order valence-electron chi connectivity index (χ2n) is 6.41. The molecular weight excluding hydrogens is 388 g/mol. The number of benzene rings is 2. The SMILES string of the molecule is CCOC(=O)c1cnn(C(=O)CCN2c3ccccc3Sc3ccccc32)c1N. The van der Waals surface area contributed by atoms with E-state index < -0.39 is 5.97 Å². The lowest BCUT2D eigenvalue weighted by molar-refractivity contribution is 0.0527. The van der Waals surface area contributed by atoms with E-state index in [-0.39, 0.29) is 30.3 Å². The maximum Gasteiger partial charge on any atom is 0.343 e. The van der Waals surface area contributed by atoms with Crippen LogP contribution >= 0.6 is 11.8 Å². The van der Waals surface area contributed by atoms with Gasteiger partial charge in [0.05, 0.1) is 24.2 Å². The first-order chi connectivity index (χ1) is 14.1. The molecule has 0 amide bonds. The summed E-state index contributed by atoms with van der Waals surface area (Å²) in [4.78, 5) is 29.1. The molecule has 0 spiro atoms. The number of nitrogens with two attached hydrogens (primary N) is 1. The predicted molar refractivity (Wildman–Crippen MR) is 112 cm³/mol. The smallest absolute Gasteiger partial charge is 0.343 e. The lowest BCUT2D eigenvalue weighted by Crippen LogP contribution is -2.26. The van der Waals surface area contributed by atoms with Crippen molar-refractivity contribution in [1.82, 2.24) is 9.78 Å². The van der Waals surface area contributed by atoms with E-state index in [1.54, 1.807) is 18.7 Å². The van der Waals surface area contributed by atoms with Crippen LogP contribution in [-0.4, -0.2) is 34.8 Å². The molecule has 148 valence electrons. The van der Waals surface area contributed by atoms with Crippen LogP contribution in [0.15, 0.2) is 64.5 Å². The first-order valence-electron chi connectivity index (χ1n) is 9.27. The van der Waals surface area contributed by atoms with E-state index in [1.807, 2.05) is 36.4 Å². The van der Waals surface area contributed by atoms with Gasteiger partial charge in [0, 0.05) is 22.8 Å². The summed E-state index contributed by atoms with van der Waals surface area (Å²) in [5.74, 6) is -0.866. The molecule has 0 saturated carbocycles. The van der Waals surface area contributed by atoms with Crippen molar-refractivity contribution < 1.29 is 14.3 Å². The third kappa shape index (κ3) is 3.58. The van der Waals surface area contributed by atoms with Crippen molar-refractivity contribution in [2.24, 2.45) is 0 Å². The minimum Gasteiger partial charge on any atom is -0.462 e. The highest BCUT2D eigenvalue weighted by Crippen LogP contribution is 2.47.